The first-order chi connectivity index (χ1) is 9.53. The van der Waals surface area contributed by atoms with Crippen molar-refractivity contribution >= 4 is 17.9 Å². The highest BCUT2D eigenvalue weighted by Gasteiger charge is 2.49. The number of amides is 3. The maximum atomic E-state index is 12.4. The number of carbonyl (C=O) groups is 3. The number of likely N-dealkylation sites (tertiary alicyclic amines) is 1. The van der Waals surface area contributed by atoms with Crippen molar-refractivity contribution in [2.45, 2.75) is 43.7 Å². The van der Waals surface area contributed by atoms with Gasteiger partial charge in [0.25, 0.3) is 0 Å². The van der Waals surface area contributed by atoms with Crippen LogP contribution >= 0.6 is 0 Å². The number of aliphatic carboxylic acids is 1. The maximum Gasteiger partial charge on any atom is 0.329 e. The first-order valence-corrected chi connectivity index (χ1v) is 7.13. The number of piperidine rings is 1. The molecular weight excluding hydrogens is 262 g/mol. The lowest BCUT2D eigenvalue weighted by molar-refractivity contribution is -0.148. The molecule has 7 heteroatoms. The number of nitrogens with zero attached hydrogens (tertiary/aromatic N) is 1. The SMILES string of the molecule is O=C1NCC2C1CCCN2C(=O)NC1(C(=O)O)CCC1. The lowest BCUT2D eigenvalue weighted by Gasteiger charge is -2.42. The van der Waals surface area contributed by atoms with E-state index in [4.69, 9.17) is 0 Å². The van der Waals surface area contributed by atoms with E-state index in [-0.39, 0.29) is 23.9 Å². The third-order valence-corrected chi connectivity index (χ3v) is 4.82. The molecule has 1 aliphatic carbocycles. The third kappa shape index (κ3) is 1.92. The smallest absolute Gasteiger partial charge is 0.329 e. The Kier molecular flexibility index (Phi) is 3.07. The van der Waals surface area contributed by atoms with Crippen LogP contribution in [0.1, 0.15) is 32.1 Å². The van der Waals surface area contributed by atoms with E-state index in [9.17, 15) is 19.5 Å². The van der Waals surface area contributed by atoms with E-state index in [1.807, 2.05) is 0 Å². The summed E-state index contributed by atoms with van der Waals surface area (Å²) in [6.45, 7) is 1.05. The van der Waals surface area contributed by atoms with Gasteiger partial charge in [-0.2, -0.15) is 0 Å². The molecule has 20 heavy (non-hydrogen) atoms. The molecule has 0 aromatic heterocycles. The average molecular weight is 281 g/mol. The van der Waals surface area contributed by atoms with Crippen molar-refractivity contribution in [2.75, 3.05) is 13.1 Å². The molecule has 3 rings (SSSR count). The van der Waals surface area contributed by atoms with Crippen LogP contribution in [0.15, 0.2) is 0 Å². The molecule has 3 amide bonds. The minimum Gasteiger partial charge on any atom is -0.480 e. The van der Waals surface area contributed by atoms with Crippen molar-refractivity contribution in [1.29, 1.82) is 0 Å². The van der Waals surface area contributed by atoms with Crippen LogP contribution in [0.3, 0.4) is 0 Å². The zero-order valence-corrected chi connectivity index (χ0v) is 11.2. The van der Waals surface area contributed by atoms with Crippen molar-refractivity contribution in [2.24, 2.45) is 5.92 Å². The van der Waals surface area contributed by atoms with Gasteiger partial charge in [-0.1, -0.05) is 0 Å². The molecule has 2 atom stereocenters. The highest BCUT2D eigenvalue weighted by atomic mass is 16.4. The van der Waals surface area contributed by atoms with E-state index < -0.39 is 11.5 Å². The molecule has 0 radical (unpaired) electrons. The van der Waals surface area contributed by atoms with Gasteiger partial charge in [0.05, 0.1) is 12.0 Å². The zero-order chi connectivity index (χ0) is 14.3. The molecule has 110 valence electrons. The number of fused-ring (bicyclic) bond motifs is 1. The summed E-state index contributed by atoms with van der Waals surface area (Å²) in [5, 5.41) is 14.7. The Morgan fingerprint density at radius 3 is 2.70 bits per heavy atom. The molecular formula is C13H19N3O4. The van der Waals surface area contributed by atoms with Gasteiger partial charge in [0.1, 0.15) is 5.54 Å². The van der Waals surface area contributed by atoms with E-state index in [0.29, 0.717) is 25.9 Å². The molecule has 2 heterocycles. The predicted molar refractivity (Wildman–Crippen MR) is 69.0 cm³/mol. The number of carboxylic acid groups (broad SMARTS) is 1. The van der Waals surface area contributed by atoms with Gasteiger partial charge in [-0.05, 0) is 32.1 Å². The summed E-state index contributed by atoms with van der Waals surface area (Å²) in [5.74, 6) is -1.10. The maximum absolute atomic E-state index is 12.4. The normalized spacial score (nSPS) is 31.0. The first kappa shape index (κ1) is 13.2. The van der Waals surface area contributed by atoms with Gasteiger partial charge in [-0.15, -0.1) is 0 Å². The van der Waals surface area contributed by atoms with Crippen molar-refractivity contribution < 1.29 is 19.5 Å². The molecule has 3 fully saturated rings. The van der Waals surface area contributed by atoms with Crippen LogP contribution in [0.25, 0.3) is 0 Å². The second-order valence-electron chi connectivity index (χ2n) is 5.93. The fourth-order valence-electron chi connectivity index (χ4n) is 3.40. The molecule has 1 saturated carbocycles. The molecule has 2 unspecified atom stereocenters. The highest BCUT2D eigenvalue weighted by Crippen LogP contribution is 2.33. The van der Waals surface area contributed by atoms with E-state index in [0.717, 1.165) is 19.3 Å². The van der Waals surface area contributed by atoms with Gasteiger partial charge in [0.15, 0.2) is 0 Å². The van der Waals surface area contributed by atoms with Gasteiger partial charge in [-0.3, -0.25) is 4.79 Å². The largest absolute Gasteiger partial charge is 0.480 e. The van der Waals surface area contributed by atoms with Crippen molar-refractivity contribution in [1.82, 2.24) is 15.5 Å². The Labute approximate surface area is 116 Å². The Morgan fingerprint density at radius 2 is 2.10 bits per heavy atom. The van der Waals surface area contributed by atoms with Crippen LogP contribution in [0.5, 0.6) is 0 Å². The van der Waals surface area contributed by atoms with Gasteiger partial charge >= 0.3 is 12.0 Å². The van der Waals surface area contributed by atoms with Crippen molar-refractivity contribution in [3.63, 3.8) is 0 Å². The second kappa shape index (κ2) is 4.64. The van der Waals surface area contributed by atoms with Crippen molar-refractivity contribution in [3.05, 3.63) is 0 Å². The lowest BCUT2D eigenvalue weighted by atomic mass is 9.77. The number of hydrogen-bond donors (Lipinski definition) is 3. The van der Waals surface area contributed by atoms with Gasteiger partial charge in [-0.25, -0.2) is 9.59 Å². The molecule has 7 nitrogen and oxygen atoms in total. The minimum atomic E-state index is -1.10. The van der Waals surface area contributed by atoms with Gasteiger partial charge < -0.3 is 20.6 Å². The Morgan fingerprint density at radius 1 is 1.35 bits per heavy atom. The zero-order valence-electron chi connectivity index (χ0n) is 11.2. The molecule has 0 bridgehead atoms. The lowest BCUT2D eigenvalue weighted by Crippen LogP contribution is -2.64. The van der Waals surface area contributed by atoms with Gasteiger partial charge in [0, 0.05) is 13.1 Å². The molecule has 2 saturated heterocycles. The third-order valence-electron chi connectivity index (χ3n) is 4.82. The average Bonchev–Trinajstić information content (AvgIpc) is 2.75. The number of carboxylic acids is 1. The summed E-state index contributed by atoms with van der Waals surface area (Å²) >= 11 is 0. The Hall–Kier alpha value is -1.79. The van der Waals surface area contributed by atoms with E-state index >= 15 is 0 Å². The van der Waals surface area contributed by atoms with Crippen LogP contribution in [0.2, 0.25) is 0 Å². The molecule has 0 spiro atoms. The fraction of sp³-hybridized carbons (Fsp3) is 0.769. The van der Waals surface area contributed by atoms with E-state index in [2.05, 4.69) is 10.6 Å². The number of rotatable bonds is 2. The summed E-state index contributed by atoms with van der Waals surface area (Å²) in [6, 6.07) is -0.486. The van der Waals surface area contributed by atoms with Crippen molar-refractivity contribution in [3.8, 4) is 0 Å². The fourth-order valence-corrected chi connectivity index (χ4v) is 3.40. The van der Waals surface area contributed by atoms with Crippen LogP contribution in [0.4, 0.5) is 4.79 Å². The quantitative estimate of drug-likeness (QED) is 0.659. The molecule has 0 aromatic rings. The summed E-state index contributed by atoms with van der Waals surface area (Å²) in [6.07, 6.45) is 3.35. The topological polar surface area (TPSA) is 98.7 Å². The molecule has 3 aliphatic rings. The number of hydrogen-bond acceptors (Lipinski definition) is 3. The Bertz CT molecular complexity index is 461. The first-order valence-electron chi connectivity index (χ1n) is 7.13. The summed E-state index contributed by atoms with van der Waals surface area (Å²) in [7, 11) is 0. The number of urea groups is 1. The molecule has 0 aromatic carbocycles. The summed E-state index contributed by atoms with van der Waals surface area (Å²) in [5.41, 5.74) is -1.10. The molecule has 3 N–H and O–H groups in total. The van der Waals surface area contributed by atoms with Gasteiger partial charge in [0.2, 0.25) is 5.91 Å². The predicted octanol–water partition coefficient (Wildman–Crippen LogP) is -0.0863. The standard InChI is InChI=1S/C13H19N3O4/c17-10-8-3-1-6-16(9(8)7-14-10)12(20)15-13(11(18)19)4-2-5-13/h8-9H,1-7H2,(H,14,17)(H,15,20)(H,18,19). The highest BCUT2D eigenvalue weighted by molar-refractivity contribution is 5.88. The van der Waals surface area contributed by atoms with Crippen LogP contribution in [-0.4, -0.2) is 52.6 Å². The van der Waals surface area contributed by atoms with E-state index in [1.165, 1.54) is 0 Å². The summed E-state index contributed by atoms with van der Waals surface area (Å²) < 4.78 is 0. The monoisotopic (exact) mass is 281 g/mol. The second-order valence-corrected chi connectivity index (χ2v) is 5.93. The molecule has 2 aliphatic heterocycles. The minimum absolute atomic E-state index is 0.00379. The van der Waals surface area contributed by atoms with Crippen LogP contribution in [0, 0.1) is 5.92 Å². The van der Waals surface area contributed by atoms with Crippen LogP contribution in [-0.2, 0) is 9.59 Å². The Balaban J connectivity index is 1.70. The number of nitrogens with one attached hydrogen (secondary N) is 2. The van der Waals surface area contributed by atoms with Crippen LogP contribution < -0.4 is 10.6 Å². The van der Waals surface area contributed by atoms with E-state index in [1.54, 1.807) is 4.90 Å². The number of carbonyl (C=O) groups excluding carboxylic acids is 2. The summed E-state index contributed by atoms with van der Waals surface area (Å²) in [4.78, 5) is 37.0.